The van der Waals surface area contributed by atoms with E-state index >= 15 is 0 Å². The minimum Gasteiger partial charge on any atom is -0.337 e. The topological polar surface area (TPSA) is 51.0 Å². The molecule has 2 unspecified atom stereocenters. The van der Waals surface area contributed by atoms with E-state index in [0.717, 1.165) is 31.0 Å². The van der Waals surface area contributed by atoms with Gasteiger partial charge in [-0.25, -0.2) is 0 Å². The largest absolute Gasteiger partial charge is 0.337 e. The van der Waals surface area contributed by atoms with Crippen molar-refractivity contribution >= 4 is 11.8 Å². The first-order valence-electron chi connectivity index (χ1n) is 7.53. The van der Waals surface area contributed by atoms with Crippen molar-refractivity contribution in [3.8, 4) is 0 Å². The van der Waals surface area contributed by atoms with E-state index in [4.69, 9.17) is 4.52 Å². The zero-order valence-electron chi connectivity index (χ0n) is 12.5. The van der Waals surface area contributed by atoms with Crippen LogP contribution in [0.4, 0.5) is 0 Å². The van der Waals surface area contributed by atoms with Crippen LogP contribution in [0.5, 0.6) is 0 Å². The molecule has 0 spiro atoms. The number of nitrogens with zero attached hydrogens (tertiary/aromatic N) is 2. The van der Waals surface area contributed by atoms with Gasteiger partial charge in [-0.3, -0.25) is 0 Å². The summed E-state index contributed by atoms with van der Waals surface area (Å²) < 4.78 is 5.49. The number of rotatable bonds is 5. The summed E-state index contributed by atoms with van der Waals surface area (Å²) in [6.45, 7) is 5.37. The number of thioether (sulfide) groups is 1. The number of aromatic nitrogens is 2. The van der Waals surface area contributed by atoms with Crippen LogP contribution in [0.1, 0.15) is 49.2 Å². The summed E-state index contributed by atoms with van der Waals surface area (Å²) in [6.07, 6.45) is 2.21. The molecule has 1 aliphatic rings. The molecular weight excluding hydrogens is 282 g/mol. The third kappa shape index (κ3) is 3.30. The first-order valence-corrected chi connectivity index (χ1v) is 8.58. The SMILES string of the molecule is CCC(C)SCc1noc(C2NCCc3ccccc32)n1. The maximum absolute atomic E-state index is 5.49. The summed E-state index contributed by atoms with van der Waals surface area (Å²) in [5.74, 6) is 2.29. The Morgan fingerprint density at radius 3 is 3.14 bits per heavy atom. The zero-order valence-corrected chi connectivity index (χ0v) is 13.3. The summed E-state index contributed by atoms with van der Waals surface area (Å²) in [7, 11) is 0. The van der Waals surface area contributed by atoms with Crippen molar-refractivity contribution in [2.45, 2.75) is 43.7 Å². The fourth-order valence-corrected chi connectivity index (χ4v) is 3.29. The van der Waals surface area contributed by atoms with Crippen LogP contribution < -0.4 is 5.32 Å². The van der Waals surface area contributed by atoms with Gasteiger partial charge in [0.2, 0.25) is 5.89 Å². The maximum Gasteiger partial charge on any atom is 0.248 e. The molecule has 1 aliphatic heterocycles. The van der Waals surface area contributed by atoms with Crippen molar-refractivity contribution in [2.75, 3.05) is 6.54 Å². The Kier molecular flexibility index (Phi) is 4.60. The Hall–Kier alpha value is -1.33. The third-order valence-corrected chi connectivity index (χ3v) is 5.24. The normalized spacial score (nSPS) is 19.2. The van der Waals surface area contributed by atoms with E-state index in [-0.39, 0.29) is 6.04 Å². The first kappa shape index (κ1) is 14.6. The molecule has 2 heterocycles. The number of hydrogen-bond acceptors (Lipinski definition) is 5. The molecule has 1 aromatic heterocycles. The lowest BCUT2D eigenvalue weighted by atomic mass is 9.94. The van der Waals surface area contributed by atoms with Gasteiger partial charge in [-0.15, -0.1) is 0 Å². The van der Waals surface area contributed by atoms with Crippen LogP contribution in [0.15, 0.2) is 28.8 Å². The number of fused-ring (bicyclic) bond motifs is 1. The van der Waals surface area contributed by atoms with Crippen LogP contribution in [0, 0.1) is 0 Å². The van der Waals surface area contributed by atoms with Crippen LogP contribution >= 0.6 is 11.8 Å². The van der Waals surface area contributed by atoms with Crippen molar-refractivity contribution < 1.29 is 4.52 Å². The van der Waals surface area contributed by atoms with Crippen molar-refractivity contribution in [1.82, 2.24) is 15.5 Å². The first-order chi connectivity index (χ1) is 10.3. The maximum atomic E-state index is 5.49. The summed E-state index contributed by atoms with van der Waals surface area (Å²) >= 11 is 1.87. The second-order valence-corrected chi connectivity index (χ2v) is 6.84. The summed E-state index contributed by atoms with van der Waals surface area (Å²) in [5.41, 5.74) is 2.63. The van der Waals surface area contributed by atoms with E-state index in [1.165, 1.54) is 11.1 Å². The van der Waals surface area contributed by atoms with Gasteiger partial charge >= 0.3 is 0 Å². The van der Waals surface area contributed by atoms with E-state index in [1.807, 2.05) is 11.8 Å². The van der Waals surface area contributed by atoms with Crippen LogP contribution in [-0.4, -0.2) is 21.9 Å². The lowest BCUT2D eigenvalue weighted by molar-refractivity contribution is 0.341. The average molecular weight is 303 g/mol. The molecule has 0 saturated carbocycles. The average Bonchev–Trinajstić information content (AvgIpc) is 3.00. The molecule has 1 aromatic carbocycles. The van der Waals surface area contributed by atoms with Gasteiger partial charge in [-0.1, -0.05) is 43.3 Å². The predicted octanol–water partition coefficient (Wildman–Crippen LogP) is 3.34. The standard InChI is InChI=1S/C16H21N3OS/c1-3-11(2)21-10-14-18-16(20-19-14)15-13-7-5-4-6-12(13)8-9-17-15/h4-7,11,15,17H,3,8-10H2,1-2H3. The van der Waals surface area contributed by atoms with Gasteiger partial charge in [-0.05, 0) is 24.0 Å². The molecule has 0 bridgehead atoms. The molecule has 4 nitrogen and oxygen atoms in total. The monoisotopic (exact) mass is 303 g/mol. The van der Waals surface area contributed by atoms with E-state index < -0.39 is 0 Å². The quantitative estimate of drug-likeness (QED) is 0.918. The smallest absolute Gasteiger partial charge is 0.248 e. The van der Waals surface area contributed by atoms with E-state index in [9.17, 15) is 0 Å². The molecule has 3 rings (SSSR count). The van der Waals surface area contributed by atoms with Crippen molar-refractivity contribution in [1.29, 1.82) is 0 Å². The Morgan fingerprint density at radius 1 is 1.43 bits per heavy atom. The molecule has 21 heavy (non-hydrogen) atoms. The molecule has 1 N–H and O–H groups in total. The zero-order chi connectivity index (χ0) is 14.7. The van der Waals surface area contributed by atoms with Gasteiger partial charge in [-0.2, -0.15) is 16.7 Å². The highest BCUT2D eigenvalue weighted by molar-refractivity contribution is 7.99. The fourth-order valence-electron chi connectivity index (χ4n) is 2.50. The minimum atomic E-state index is 0.0322. The molecule has 2 aromatic rings. The van der Waals surface area contributed by atoms with Crippen molar-refractivity contribution in [2.24, 2.45) is 0 Å². The molecule has 5 heteroatoms. The molecular formula is C16H21N3OS. The lowest BCUT2D eigenvalue weighted by Crippen LogP contribution is -2.30. The molecule has 0 fully saturated rings. The summed E-state index contributed by atoms with van der Waals surface area (Å²) in [5, 5.41) is 8.23. The van der Waals surface area contributed by atoms with Crippen LogP contribution in [-0.2, 0) is 12.2 Å². The number of benzene rings is 1. The Labute approximate surface area is 129 Å². The van der Waals surface area contributed by atoms with Crippen LogP contribution in [0.25, 0.3) is 0 Å². The van der Waals surface area contributed by atoms with Gasteiger partial charge in [0.15, 0.2) is 5.82 Å². The van der Waals surface area contributed by atoms with Crippen LogP contribution in [0.2, 0.25) is 0 Å². The predicted molar refractivity (Wildman–Crippen MR) is 85.3 cm³/mol. The highest BCUT2D eigenvalue weighted by Gasteiger charge is 2.25. The Balaban J connectivity index is 1.75. The molecule has 112 valence electrons. The summed E-state index contributed by atoms with van der Waals surface area (Å²) in [6, 6.07) is 8.51. The van der Waals surface area contributed by atoms with Gasteiger partial charge in [0, 0.05) is 11.8 Å². The fraction of sp³-hybridized carbons (Fsp3) is 0.500. The third-order valence-electron chi connectivity index (χ3n) is 3.91. The van der Waals surface area contributed by atoms with Gasteiger partial charge in [0.05, 0.1) is 5.75 Å². The van der Waals surface area contributed by atoms with Crippen LogP contribution in [0.3, 0.4) is 0 Å². The second kappa shape index (κ2) is 6.62. The van der Waals surface area contributed by atoms with Gasteiger partial charge in [0.25, 0.3) is 0 Å². The van der Waals surface area contributed by atoms with Gasteiger partial charge < -0.3 is 9.84 Å². The van der Waals surface area contributed by atoms with Gasteiger partial charge in [0.1, 0.15) is 6.04 Å². The number of nitrogens with one attached hydrogen (secondary N) is 1. The van der Waals surface area contributed by atoms with E-state index in [1.54, 1.807) is 0 Å². The molecule has 2 atom stereocenters. The van der Waals surface area contributed by atoms with Crippen molar-refractivity contribution in [3.63, 3.8) is 0 Å². The lowest BCUT2D eigenvalue weighted by Gasteiger charge is -2.23. The number of hydrogen-bond donors (Lipinski definition) is 1. The highest BCUT2D eigenvalue weighted by Crippen LogP contribution is 2.28. The van der Waals surface area contributed by atoms with E-state index in [2.05, 4.69) is 53.6 Å². The van der Waals surface area contributed by atoms with E-state index in [0.29, 0.717) is 11.1 Å². The molecule has 0 aliphatic carbocycles. The second-order valence-electron chi connectivity index (χ2n) is 5.41. The Bertz CT molecular complexity index is 599. The highest BCUT2D eigenvalue weighted by atomic mass is 32.2. The minimum absolute atomic E-state index is 0.0322. The summed E-state index contributed by atoms with van der Waals surface area (Å²) in [4.78, 5) is 4.58. The molecule has 0 amide bonds. The van der Waals surface area contributed by atoms with Crippen molar-refractivity contribution in [3.05, 3.63) is 47.1 Å². The molecule has 0 radical (unpaired) electrons. The Morgan fingerprint density at radius 2 is 2.29 bits per heavy atom. The molecule has 0 saturated heterocycles.